The van der Waals surface area contributed by atoms with Crippen molar-refractivity contribution in [2.45, 2.75) is 39.0 Å². The summed E-state index contributed by atoms with van der Waals surface area (Å²) in [6.45, 7) is 5.20. The van der Waals surface area contributed by atoms with E-state index in [9.17, 15) is 18.0 Å². The standard InChI is InChI=1S/C21H19ClF3NO3/c1-4-28-19(27)16-6-5-13(9-17(16)21(23,24)25)18-11-20(3,29-26-18)14-7-12(2)8-15(22)10-14/h5-10H,4,11H2,1-3H3. The van der Waals surface area contributed by atoms with Gasteiger partial charge in [0.1, 0.15) is 0 Å². The average molecular weight is 426 g/mol. The summed E-state index contributed by atoms with van der Waals surface area (Å²) in [6, 6.07) is 8.88. The van der Waals surface area contributed by atoms with Gasteiger partial charge in [0, 0.05) is 17.0 Å². The molecule has 0 bridgehead atoms. The third kappa shape index (κ3) is 4.40. The Kier molecular flexibility index (Phi) is 5.63. The van der Waals surface area contributed by atoms with Crippen LogP contribution in [-0.4, -0.2) is 18.3 Å². The minimum Gasteiger partial charge on any atom is -0.462 e. The van der Waals surface area contributed by atoms with Crippen molar-refractivity contribution in [2.75, 3.05) is 6.61 Å². The number of rotatable bonds is 4. The average Bonchev–Trinajstić information content (AvgIpc) is 3.03. The zero-order chi connectivity index (χ0) is 21.4. The molecule has 3 rings (SSSR count). The summed E-state index contributed by atoms with van der Waals surface area (Å²) in [5.41, 5.74) is -0.161. The van der Waals surface area contributed by atoms with Crippen molar-refractivity contribution in [1.29, 1.82) is 0 Å². The zero-order valence-corrected chi connectivity index (χ0v) is 16.8. The molecule has 1 heterocycles. The monoisotopic (exact) mass is 425 g/mol. The molecule has 1 atom stereocenters. The van der Waals surface area contributed by atoms with Crippen molar-refractivity contribution < 1.29 is 27.5 Å². The Morgan fingerprint density at radius 1 is 1.28 bits per heavy atom. The van der Waals surface area contributed by atoms with E-state index in [1.165, 1.54) is 13.0 Å². The molecule has 1 aliphatic heterocycles. The second-order valence-corrected chi connectivity index (χ2v) is 7.47. The summed E-state index contributed by atoms with van der Waals surface area (Å²) in [5.74, 6) is -1.02. The molecule has 0 saturated heterocycles. The van der Waals surface area contributed by atoms with Gasteiger partial charge in [-0.3, -0.25) is 0 Å². The van der Waals surface area contributed by atoms with Gasteiger partial charge in [-0.15, -0.1) is 0 Å². The first-order valence-electron chi connectivity index (χ1n) is 8.95. The van der Waals surface area contributed by atoms with Crippen LogP contribution in [0.1, 0.15) is 52.9 Å². The number of aryl methyl sites for hydroxylation is 1. The number of carbonyl (C=O) groups is 1. The van der Waals surface area contributed by atoms with Crippen LogP contribution in [0.5, 0.6) is 0 Å². The van der Waals surface area contributed by atoms with Crippen LogP contribution >= 0.6 is 11.6 Å². The van der Waals surface area contributed by atoms with Crippen LogP contribution in [-0.2, 0) is 21.4 Å². The van der Waals surface area contributed by atoms with Gasteiger partial charge >= 0.3 is 12.1 Å². The van der Waals surface area contributed by atoms with E-state index in [2.05, 4.69) is 5.16 Å². The number of alkyl halides is 3. The van der Waals surface area contributed by atoms with Crippen molar-refractivity contribution >= 4 is 23.3 Å². The fourth-order valence-corrected chi connectivity index (χ4v) is 3.53. The molecule has 0 spiro atoms. The lowest BCUT2D eigenvalue weighted by molar-refractivity contribution is -0.138. The number of oxime groups is 1. The normalized spacial score (nSPS) is 18.9. The molecule has 1 unspecified atom stereocenters. The lowest BCUT2D eigenvalue weighted by Crippen LogP contribution is -2.22. The number of halogens is 4. The highest BCUT2D eigenvalue weighted by molar-refractivity contribution is 6.30. The largest absolute Gasteiger partial charge is 0.462 e. The fourth-order valence-electron chi connectivity index (χ4n) is 3.24. The Morgan fingerprint density at radius 3 is 2.62 bits per heavy atom. The van der Waals surface area contributed by atoms with Gasteiger partial charge in [0.25, 0.3) is 0 Å². The Balaban J connectivity index is 1.94. The molecule has 0 amide bonds. The van der Waals surface area contributed by atoms with E-state index in [4.69, 9.17) is 21.2 Å². The molecule has 2 aromatic rings. The van der Waals surface area contributed by atoms with E-state index in [-0.39, 0.29) is 18.6 Å². The Bertz CT molecular complexity index is 967. The SMILES string of the molecule is CCOC(=O)c1ccc(C2=NOC(C)(c3cc(C)cc(Cl)c3)C2)cc1C(F)(F)F. The maximum absolute atomic E-state index is 13.5. The molecule has 154 valence electrons. The summed E-state index contributed by atoms with van der Waals surface area (Å²) in [6.07, 6.45) is -4.46. The second kappa shape index (κ2) is 7.71. The summed E-state index contributed by atoms with van der Waals surface area (Å²) in [5, 5.41) is 4.56. The lowest BCUT2D eigenvalue weighted by Gasteiger charge is -2.22. The highest BCUT2D eigenvalue weighted by Gasteiger charge is 2.39. The van der Waals surface area contributed by atoms with Crippen LogP contribution in [0.15, 0.2) is 41.6 Å². The molecule has 0 N–H and O–H groups in total. The predicted octanol–water partition coefficient (Wildman–Crippen LogP) is 5.88. The van der Waals surface area contributed by atoms with Gasteiger partial charge in [-0.05, 0) is 56.2 Å². The topological polar surface area (TPSA) is 47.9 Å². The maximum Gasteiger partial charge on any atom is 0.417 e. The van der Waals surface area contributed by atoms with E-state index in [0.29, 0.717) is 10.7 Å². The van der Waals surface area contributed by atoms with Crippen LogP contribution in [0.4, 0.5) is 13.2 Å². The van der Waals surface area contributed by atoms with Crippen LogP contribution in [0.3, 0.4) is 0 Å². The van der Waals surface area contributed by atoms with Crippen molar-refractivity contribution in [1.82, 2.24) is 0 Å². The van der Waals surface area contributed by atoms with Crippen molar-refractivity contribution in [3.8, 4) is 0 Å². The molecular weight excluding hydrogens is 407 g/mol. The Hall–Kier alpha value is -2.54. The van der Waals surface area contributed by atoms with E-state index in [1.54, 1.807) is 19.1 Å². The molecule has 4 nitrogen and oxygen atoms in total. The van der Waals surface area contributed by atoms with Gasteiger partial charge < -0.3 is 9.57 Å². The first-order valence-corrected chi connectivity index (χ1v) is 9.33. The Labute approximate surface area is 171 Å². The second-order valence-electron chi connectivity index (χ2n) is 7.03. The number of esters is 1. The first kappa shape index (κ1) is 21.2. The van der Waals surface area contributed by atoms with Gasteiger partial charge in [-0.25, -0.2) is 4.79 Å². The van der Waals surface area contributed by atoms with Crippen molar-refractivity contribution in [3.63, 3.8) is 0 Å². The minimum atomic E-state index is -4.72. The smallest absolute Gasteiger partial charge is 0.417 e. The first-order chi connectivity index (χ1) is 13.5. The molecular formula is C21H19ClF3NO3. The molecule has 0 aliphatic carbocycles. The Morgan fingerprint density at radius 2 is 2.00 bits per heavy atom. The van der Waals surface area contributed by atoms with Crippen LogP contribution in [0.2, 0.25) is 5.02 Å². The minimum absolute atomic E-state index is 0.0180. The van der Waals surface area contributed by atoms with Gasteiger partial charge in [-0.1, -0.05) is 28.9 Å². The number of benzene rings is 2. The van der Waals surface area contributed by atoms with Gasteiger partial charge in [0.05, 0.1) is 23.4 Å². The molecule has 0 fully saturated rings. The van der Waals surface area contributed by atoms with E-state index in [0.717, 1.165) is 23.3 Å². The lowest BCUT2D eigenvalue weighted by atomic mass is 9.87. The van der Waals surface area contributed by atoms with Gasteiger partial charge in [0.15, 0.2) is 5.60 Å². The van der Waals surface area contributed by atoms with E-state index in [1.807, 2.05) is 13.0 Å². The highest BCUT2D eigenvalue weighted by atomic mass is 35.5. The number of hydrogen-bond acceptors (Lipinski definition) is 4. The molecule has 1 aliphatic rings. The maximum atomic E-state index is 13.5. The molecule has 29 heavy (non-hydrogen) atoms. The zero-order valence-electron chi connectivity index (χ0n) is 16.1. The quantitative estimate of drug-likeness (QED) is 0.574. The van der Waals surface area contributed by atoms with Gasteiger partial charge in [-0.2, -0.15) is 13.2 Å². The highest BCUT2D eigenvalue weighted by Crippen LogP contribution is 2.39. The summed E-state index contributed by atoms with van der Waals surface area (Å²) in [7, 11) is 0. The molecule has 0 aromatic heterocycles. The number of hydrogen-bond donors (Lipinski definition) is 0. The number of ether oxygens (including phenoxy) is 1. The molecule has 2 aromatic carbocycles. The third-order valence-electron chi connectivity index (χ3n) is 4.67. The fraction of sp³-hybridized carbons (Fsp3) is 0.333. The third-order valence-corrected chi connectivity index (χ3v) is 4.89. The van der Waals surface area contributed by atoms with E-state index >= 15 is 0 Å². The number of nitrogens with zero attached hydrogens (tertiary/aromatic N) is 1. The van der Waals surface area contributed by atoms with Crippen LogP contribution in [0, 0.1) is 6.92 Å². The predicted molar refractivity (Wildman–Crippen MR) is 103 cm³/mol. The summed E-state index contributed by atoms with van der Waals surface area (Å²) >= 11 is 6.13. The molecule has 8 heteroatoms. The summed E-state index contributed by atoms with van der Waals surface area (Å²) in [4.78, 5) is 17.5. The summed E-state index contributed by atoms with van der Waals surface area (Å²) < 4.78 is 45.3. The van der Waals surface area contributed by atoms with E-state index < -0.39 is 28.9 Å². The van der Waals surface area contributed by atoms with Crippen LogP contribution in [0.25, 0.3) is 0 Å². The molecule has 0 radical (unpaired) electrons. The van der Waals surface area contributed by atoms with Crippen molar-refractivity contribution in [3.05, 3.63) is 69.2 Å². The van der Waals surface area contributed by atoms with Crippen LogP contribution < -0.4 is 0 Å². The van der Waals surface area contributed by atoms with Crippen molar-refractivity contribution in [2.24, 2.45) is 5.16 Å². The number of carbonyl (C=O) groups excluding carboxylic acids is 1. The molecule has 0 saturated carbocycles. The van der Waals surface area contributed by atoms with Gasteiger partial charge in [0.2, 0.25) is 0 Å².